The van der Waals surface area contributed by atoms with Crippen LogP contribution in [0.25, 0.3) is 0 Å². The van der Waals surface area contributed by atoms with Crippen molar-refractivity contribution in [2.75, 3.05) is 46.2 Å². The van der Waals surface area contributed by atoms with Crippen molar-refractivity contribution in [3.05, 3.63) is 0 Å². The Morgan fingerprint density at radius 2 is 1.90 bits per heavy atom. The predicted octanol–water partition coefficient (Wildman–Crippen LogP) is 1.21. The van der Waals surface area contributed by atoms with E-state index in [-0.39, 0.29) is 6.04 Å². The van der Waals surface area contributed by atoms with Gasteiger partial charge in [0.2, 0.25) is 0 Å². The molecule has 0 saturated carbocycles. The van der Waals surface area contributed by atoms with Crippen molar-refractivity contribution in [2.24, 2.45) is 5.92 Å². The maximum Gasteiger partial charge on any atom is 0.282 e. The fourth-order valence-electron chi connectivity index (χ4n) is 3.17. The standard InChI is InChI=1S/C13H26ClN3O2S/c1-15-7-4-6-13(11-15)16(2)20(18,19)17-8-3-5-12(9-14)10-17/h12-13H,3-11H2,1-2H3. The number of nitrogens with zero attached hydrogens (tertiary/aromatic N) is 3. The molecule has 0 aromatic heterocycles. The summed E-state index contributed by atoms with van der Waals surface area (Å²) in [5.74, 6) is 0.838. The van der Waals surface area contributed by atoms with Crippen LogP contribution in [0.15, 0.2) is 0 Å². The van der Waals surface area contributed by atoms with Gasteiger partial charge in [0.15, 0.2) is 0 Å². The summed E-state index contributed by atoms with van der Waals surface area (Å²) in [6.45, 7) is 3.08. The molecule has 2 rings (SSSR count). The summed E-state index contributed by atoms with van der Waals surface area (Å²) in [4.78, 5) is 2.21. The first kappa shape index (κ1) is 16.5. The lowest BCUT2D eigenvalue weighted by Gasteiger charge is -2.39. The van der Waals surface area contributed by atoms with E-state index in [9.17, 15) is 8.42 Å². The summed E-state index contributed by atoms with van der Waals surface area (Å²) in [5.41, 5.74) is 0. The average Bonchev–Trinajstić information content (AvgIpc) is 2.46. The Morgan fingerprint density at radius 1 is 1.20 bits per heavy atom. The second-order valence-corrected chi connectivity index (χ2v) is 8.40. The van der Waals surface area contributed by atoms with Gasteiger partial charge >= 0.3 is 0 Å². The second-order valence-electron chi connectivity index (χ2n) is 6.10. The summed E-state index contributed by atoms with van der Waals surface area (Å²) in [6.07, 6.45) is 3.96. The van der Waals surface area contributed by atoms with E-state index in [1.165, 1.54) is 0 Å². The van der Waals surface area contributed by atoms with Crippen LogP contribution in [0.1, 0.15) is 25.7 Å². The third kappa shape index (κ3) is 3.65. The van der Waals surface area contributed by atoms with E-state index in [0.29, 0.717) is 24.9 Å². The van der Waals surface area contributed by atoms with Crippen molar-refractivity contribution >= 4 is 21.8 Å². The van der Waals surface area contributed by atoms with Crippen molar-refractivity contribution < 1.29 is 8.42 Å². The SMILES string of the molecule is CN1CCCC(N(C)S(=O)(=O)N2CCCC(CCl)C2)C1. The molecule has 0 spiro atoms. The monoisotopic (exact) mass is 323 g/mol. The van der Waals surface area contributed by atoms with Crippen molar-refractivity contribution in [2.45, 2.75) is 31.7 Å². The third-order valence-electron chi connectivity index (χ3n) is 4.50. The highest BCUT2D eigenvalue weighted by molar-refractivity contribution is 7.86. The molecule has 20 heavy (non-hydrogen) atoms. The van der Waals surface area contributed by atoms with Crippen molar-refractivity contribution in [1.82, 2.24) is 13.5 Å². The van der Waals surface area contributed by atoms with Crippen LogP contribution in [0.2, 0.25) is 0 Å². The summed E-state index contributed by atoms with van der Waals surface area (Å²) in [6, 6.07) is 0.0927. The number of piperidine rings is 2. The van der Waals surface area contributed by atoms with Gasteiger partial charge < -0.3 is 4.90 Å². The summed E-state index contributed by atoms with van der Waals surface area (Å²) in [7, 11) is 0.432. The van der Waals surface area contributed by atoms with Crippen LogP contribution in [0, 0.1) is 5.92 Å². The molecule has 7 heteroatoms. The maximum absolute atomic E-state index is 12.7. The summed E-state index contributed by atoms with van der Waals surface area (Å²) >= 11 is 5.90. The molecule has 0 aromatic rings. The van der Waals surface area contributed by atoms with Crippen LogP contribution in [0.4, 0.5) is 0 Å². The summed E-state index contributed by atoms with van der Waals surface area (Å²) < 4.78 is 28.7. The van der Waals surface area contributed by atoms with E-state index < -0.39 is 10.2 Å². The van der Waals surface area contributed by atoms with Gasteiger partial charge in [-0.05, 0) is 45.2 Å². The Morgan fingerprint density at radius 3 is 2.55 bits per heavy atom. The van der Waals surface area contributed by atoms with E-state index in [2.05, 4.69) is 11.9 Å². The van der Waals surface area contributed by atoms with Crippen LogP contribution in [0.5, 0.6) is 0 Å². The predicted molar refractivity (Wildman–Crippen MR) is 82.2 cm³/mol. The minimum atomic E-state index is -3.35. The molecule has 2 atom stereocenters. The lowest BCUT2D eigenvalue weighted by Crippen LogP contribution is -2.53. The number of likely N-dealkylation sites (tertiary alicyclic amines) is 1. The first-order valence-electron chi connectivity index (χ1n) is 7.42. The van der Waals surface area contributed by atoms with Crippen LogP contribution in [-0.4, -0.2) is 74.1 Å². The van der Waals surface area contributed by atoms with Crippen molar-refractivity contribution in [3.63, 3.8) is 0 Å². The second kappa shape index (κ2) is 6.92. The lowest BCUT2D eigenvalue weighted by atomic mass is 10.0. The highest BCUT2D eigenvalue weighted by atomic mass is 35.5. The number of hydrogen-bond donors (Lipinski definition) is 0. The molecule has 2 fully saturated rings. The molecule has 0 aliphatic carbocycles. The molecule has 5 nitrogen and oxygen atoms in total. The average molecular weight is 324 g/mol. The van der Waals surface area contributed by atoms with Crippen molar-refractivity contribution in [3.8, 4) is 0 Å². The highest BCUT2D eigenvalue weighted by Crippen LogP contribution is 2.24. The number of hydrogen-bond acceptors (Lipinski definition) is 3. The Bertz CT molecular complexity index is 418. The van der Waals surface area contributed by atoms with Gasteiger partial charge in [-0.1, -0.05) is 0 Å². The zero-order chi connectivity index (χ0) is 14.8. The van der Waals surface area contributed by atoms with Crippen LogP contribution in [0.3, 0.4) is 0 Å². The zero-order valence-corrected chi connectivity index (χ0v) is 14.0. The third-order valence-corrected chi connectivity index (χ3v) is 6.95. The van der Waals surface area contributed by atoms with Gasteiger partial charge in [-0.2, -0.15) is 17.0 Å². The van der Waals surface area contributed by atoms with Crippen molar-refractivity contribution in [1.29, 1.82) is 0 Å². The lowest BCUT2D eigenvalue weighted by molar-refractivity contribution is 0.175. The molecule has 2 saturated heterocycles. The first-order chi connectivity index (χ1) is 9.45. The fraction of sp³-hybridized carbons (Fsp3) is 1.00. The molecule has 2 aliphatic rings. The van der Waals surface area contributed by atoms with Gasteiger partial charge in [0.25, 0.3) is 10.2 Å². The Balaban J connectivity index is 2.04. The zero-order valence-electron chi connectivity index (χ0n) is 12.5. The van der Waals surface area contributed by atoms with Gasteiger partial charge in [0, 0.05) is 38.6 Å². The highest BCUT2D eigenvalue weighted by Gasteiger charge is 2.36. The Kier molecular flexibility index (Phi) is 5.71. The van der Waals surface area contributed by atoms with Crippen LogP contribution >= 0.6 is 11.6 Å². The molecule has 0 bridgehead atoms. The van der Waals surface area contributed by atoms with E-state index in [4.69, 9.17) is 11.6 Å². The molecular weight excluding hydrogens is 298 g/mol. The molecule has 0 aromatic carbocycles. The molecule has 0 amide bonds. The molecule has 2 heterocycles. The van der Waals surface area contributed by atoms with Gasteiger partial charge in [0.1, 0.15) is 0 Å². The van der Waals surface area contributed by atoms with Gasteiger partial charge in [-0.25, -0.2) is 0 Å². The fourth-order valence-corrected chi connectivity index (χ4v) is 5.09. The molecule has 118 valence electrons. The first-order valence-corrected chi connectivity index (χ1v) is 9.36. The van der Waals surface area contributed by atoms with Crippen LogP contribution < -0.4 is 0 Å². The Hall–Kier alpha value is 0.120. The van der Waals surface area contributed by atoms with Crippen LogP contribution in [-0.2, 0) is 10.2 Å². The molecule has 2 aliphatic heterocycles. The van der Waals surface area contributed by atoms with Gasteiger partial charge in [0.05, 0.1) is 0 Å². The van der Waals surface area contributed by atoms with E-state index >= 15 is 0 Å². The number of alkyl halides is 1. The number of likely N-dealkylation sites (N-methyl/N-ethyl adjacent to an activating group) is 2. The quantitative estimate of drug-likeness (QED) is 0.730. The van der Waals surface area contributed by atoms with Gasteiger partial charge in [-0.15, -0.1) is 11.6 Å². The normalized spacial score (nSPS) is 30.8. The molecule has 0 N–H and O–H groups in total. The minimum Gasteiger partial charge on any atom is -0.305 e. The topological polar surface area (TPSA) is 43.9 Å². The van der Waals surface area contributed by atoms with E-state index in [0.717, 1.165) is 38.8 Å². The van der Waals surface area contributed by atoms with E-state index in [1.807, 2.05) is 0 Å². The Labute approximate surface area is 128 Å². The van der Waals surface area contributed by atoms with Gasteiger partial charge in [-0.3, -0.25) is 0 Å². The number of rotatable bonds is 4. The van der Waals surface area contributed by atoms with E-state index in [1.54, 1.807) is 15.7 Å². The molecule has 0 radical (unpaired) electrons. The summed E-state index contributed by atoms with van der Waals surface area (Å²) in [5, 5.41) is 0. The molecule has 2 unspecified atom stereocenters. The molecular formula is C13H26ClN3O2S. The largest absolute Gasteiger partial charge is 0.305 e. The maximum atomic E-state index is 12.7. The minimum absolute atomic E-state index is 0.0927. The number of halogens is 1. The smallest absolute Gasteiger partial charge is 0.282 e.